The van der Waals surface area contributed by atoms with Crippen LogP contribution in [0.3, 0.4) is 0 Å². The van der Waals surface area contributed by atoms with E-state index < -0.39 is 0 Å². The van der Waals surface area contributed by atoms with E-state index in [-0.39, 0.29) is 17.1 Å². The molecule has 0 spiro atoms. The first kappa shape index (κ1) is 23.2. The second-order valence-electron chi connectivity index (χ2n) is 10.2. The first-order chi connectivity index (χ1) is 16.3. The first-order valence-corrected chi connectivity index (χ1v) is 13.0. The highest BCUT2D eigenvalue weighted by molar-refractivity contribution is 7.13. The Hall–Kier alpha value is -2.51. The van der Waals surface area contributed by atoms with Crippen LogP contribution in [0, 0.1) is 5.82 Å². The molecule has 0 unspecified atom stereocenters. The predicted molar refractivity (Wildman–Crippen MR) is 139 cm³/mol. The molecule has 0 saturated carbocycles. The van der Waals surface area contributed by atoms with Gasteiger partial charge in [0.25, 0.3) is 0 Å². The molecule has 7 heteroatoms. The van der Waals surface area contributed by atoms with Crippen molar-refractivity contribution >= 4 is 39.0 Å². The van der Waals surface area contributed by atoms with Crippen molar-refractivity contribution in [1.82, 2.24) is 9.27 Å². The summed E-state index contributed by atoms with van der Waals surface area (Å²) in [7, 11) is 0. The molecule has 1 fully saturated rings. The van der Waals surface area contributed by atoms with Crippen molar-refractivity contribution in [2.45, 2.75) is 45.4 Å². The standard InChI is InChI=1S/C27H33FN4OS/c1-19(33)32-12-10-27(2,3)22-17-20(23(28)18-24(22)32)7-6-11-30-13-15-31(16-14-30)26-21-8-4-5-9-25(21)34-29-26/h4-5,8-9,17-18H,6-7,10-16H2,1-3H3. The van der Waals surface area contributed by atoms with Crippen molar-refractivity contribution in [1.29, 1.82) is 0 Å². The van der Waals surface area contributed by atoms with Crippen molar-refractivity contribution in [2.24, 2.45) is 0 Å². The number of nitrogens with zero attached hydrogens (tertiary/aromatic N) is 4. The Morgan fingerprint density at radius 1 is 1.12 bits per heavy atom. The van der Waals surface area contributed by atoms with E-state index in [1.807, 2.05) is 6.07 Å². The summed E-state index contributed by atoms with van der Waals surface area (Å²) in [5.74, 6) is 0.898. The maximum atomic E-state index is 15.0. The van der Waals surface area contributed by atoms with Gasteiger partial charge in [-0.1, -0.05) is 32.0 Å². The van der Waals surface area contributed by atoms with Gasteiger partial charge in [-0.3, -0.25) is 9.69 Å². The average molecular weight is 481 g/mol. The fourth-order valence-electron chi connectivity index (χ4n) is 5.32. The van der Waals surface area contributed by atoms with Gasteiger partial charge in [-0.15, -0.1) is 0 Å². The third-order valence-electron chi connectivity index (χ3n) is 7.48. The molecule has 0 aliphatic carbocycles. The van der Waals surface area contributed by atoms with Gasteiger partial charge in [0, 0.05) is 45.0 Å². The number of aromatic nitrogens is 1. The van der Waals surface area contributed by atoms with Crippen molar-refractivity contribution < 1.29 is 9.18 Å². The van der Waals surface area contributed by atoms with Crippen LogP contribution in [0.2, 0.25) is 0 Å². The highest BCUT2D eigenvalue weighted by Gasteiger charge is 2.33. The summed E-state index contributed by atoms with van der Waals surface area (Å²) in [5.41, 5.74) is 2.55. The van der Waals surface area contributed by atoms with E-state index in [9.17, 15) is 4.79 Å². The number of fused-ring (bicyclic) bond motifs is 2. The Balaban J connectivity index is 1.19. The molecule has 1 aromatic heterocycles. The second kappa shape index (κ2) is 9.27. The summed E-state index contributed by atoms with van der Waals surface area (Å²) in [6.45, 7) is 11.5. The molecule has 0 bridgehead atoms. The molecule has 0 radical (unpaired) electrons. The van der Waals surface area contributed by atoms with Gasteiger partial charge in [0.05, 0.1) is 10.4 Å². The topological polar surface area (TPSA) is 39.7 Å². The Bertz CT molecular complexity index is 1200. The molecule has 1 saturated heterocycles. The lowest BCUT2D eigenvalue weighted by Gasteiger charge is -2.39. The highest BCUT2D eigenvalue weighted by atomic mass is 32.1. The van der Waals surface area contributed by atoms with E-state index in [1.165, 1.54) is 10.1 Å². The number of halogens is 1. The highest BCUT2D eigenvalue weighted by Crippen LogP contribution is 2.41. The molecule has 180 valence electrons. The SMILES string of the molecule is CC(=O)N1CCC(C)(C)c2cc(CCCN3CCN(c4nsc5ccccc45)CC3)c(F)cc21. The number of carbonyl (C=O) groups excluding carboxylic acids is 1. The molecular formula is C27H33FN4OS. The number of amides is 1. The molecule has 0 N–H and O–H groups in total. The fraction of sp³-hybridized carbons (Fsp3) is 0.481. The summed E-state index contributed by atoms with van der Waals surface area (Å²) in [4.78, 5) is 18.7. The minimum absolute atomic E-state index is 0.0197. The Kier molecular flexibility index (Phi) is 6.34. The summed E-state index contributed by atoms with van der Waals surface area (Å²) in [6.07, 6.45) is 2.53. The quantitative estimate of drug-likeness (QED) is 0.502. The predicted octanol–water partition coefficient (Wildman–Crippen LogP) is 5.22. The molecule has 1 amide bonds. The maximum Gasteiger partial charge on any atom is 0.223 e. The molecule has 0 atom stereocenters. The zero-order valence-corrected chi connectivity index (χ0v) is 21.1. The Morgan fingerprint density at radius 2 is 1.88 bits per heavy atom. The molecule has 3 aromatic rings. The van der Waals surface area contributed by atoms with E-state index in [4.69, 9.17) is 4.37 Å². The van der Waals surface area contributed by atoms with Gasteiger partial charge in [0.15, 0.2) is 0 Å². The molecule has 5 nitrogen and oxygen atoms in total. The van der Waals surface area contributed by atoms with Gasteiger partial charge in [-0.25, -0.2) is 4.39 Å². The lowest BCUT2D eigenvalue weighted by molar-refractivity contribution is -0.116. The average Bonchev–Trinajstić information content (AvgIpc) is 3.24. The van der Waals surface area contributed by atoms with Crippen LogP contribution < -0.4 is 9.80 Å². The minimum atomic E-state index is -0.192. The normalized spacial score (nSPS) is 18.4. The molecule has 3 heterocycles. The summed E-state index contributed by atoms with van der Waals surface area (Å²) in [5, 5.41) is 1.25. The first-order valence-electron chi connectivity index (χ1n) is 12.3. The molecule has 34 heavy (non-hydrogen) atoms. The van der Waals surface area contributed by atoms with Gasteiger partial charge in [0.2, 0.25) is 5.91 Å². The van der Waals surface area contributed by atoms with Crippen LogP contribution in [-0.4, -0.2) is 54.4 Å². The Morgan fingerprint density at radius 3 is 2.65 bits per heavy atom. The van der Waals surface area contributed by atoms with Crippen molar-refractivity contribution in [2.75, 3.05) is 49.1 Å². The van der Waals surface area contributed by atoms with Gasteiger partial charge in [-0.2, -0.15) is 4.37 Å². The van der Waals surface area contributed by atoms with Crippen LogP contribution in [0.4, 0.5) is 15.9 Å². The summed E-state index contributed by atoms with van der Waals surface area (Å²) < 4.78 is 20.9. The third-order valence-corrected chi connectivity index (χ3v) is 8.29. The maximum absolute atomic E-state index is 15.0. The molecular weight excluding hydrogens is 447 g/mol. The molecule has 2 aliphatic rings. The number of hydrogen-bond acceptors (Lipinski definition) is 5. The van der Waals surface area contributed by atoms with Crippen LogP contribution >= 0.6 is 11.5 Å². The monoisotopic (exact) mass is 480 g/mol. The second-order valence-corrected chi connectivity index (χ2v) is 11.0. The number of piperazine rings is 1. The zero-order chi connectivity index (χ0) is 23.9. The van der Waals surface area contributed by atoms with E-state index >= 15 is 4.39 Å². The van der Waals surface area contributed by atoms with Crippen molar-refractivity contribution in [3.05, 3.63) is 53.3 Å². The van der Waals surface area contributed by atoms with Crippen molar-refractivity contribution in [3.63, 3.8) is 0 Å². The number of hydrogen-bond donors (Lipinski definition) is 0. The van der Waals surface area contributed by atoms with E-state index in [0.29, 0.717) is 13.0 Å². The summed E-state index contributed by atoms with van der Waals surface area (Å²) >= 11 is 1.57. The van der Waals surface area contributed by atoms with Crippen LogP contribution in [0.25, 0.3) is 10.1 Å². The third kappa shape index (κ3) is 4.43. The van der Waals surface area contributed by atoms with Crippen LogP contribution in [0.1, 0.15) is 44.7 Å². The Labute approximate surface area is 205 Å². The van der Waals surface area contributed by atoms with Gasteiger partial charge < -0.3 is 9.80 Å². The minimum Gasteiger partial charge on any atom is -0.353 e. The zero-order valence-electron chi connectivity index (χ0n) is 20.3. The number of benzene rings is 2. The molecule has 2 aliphatic heterocycles. The largest absolute Gasteiger partial charge is 0.353 e. The summed E-state index contributed by atoms with van der Waals surface area (Å²) in [6, 6.07) is 12.0. The molecule has 2 aromatic carbocycles. The lowest BCUT2D eigenvalue weighted by Crippen LogP contribution is -2.46. The number of rotatable bonds is 5. The van der Waals surface area contributed by atoms with Gasteiger partial charge in [0.1, 0.15) is 11.6 Å². The van der Waals surface area contributed by atoms with E-state index in [2.05, 4.69) is 47.9 Å². The number of anilines is 2. The van der Waals surface area contributed by atoms with Crippen LogP contribution in [-0.2, 0) is 16.6 Å². The number of carbonyl (C=O) groups is 1. The van der Waals surface area contributed by atoms with Crippen molar-refractivity contribution in [3.8, 4) is 0 Å². The van der Waals surface area contributed by atoms with Gasteiger partial charge >= 0.3 is 0 Å². The van der Waals surface area contributed by atoms with Crippen LogP contribution in [0.15, 0.2) is 36.4 Å². The fourth-order valence-corrected chi connectivity index (χ4v) is 6.11. The lowest BCUT2D eigenvalue weighted by atomic mass is 9.76. The van der Waals surface area contributed by atoms with Crippen LogP contribution in [0.5, 0.6) is 0 Å². The van der Waals surface area contributed by atoms with E-state index in [1.54, 1.807) is 29.4 Å². The van der Waals surface area contributed by atoms with E-state index in [0.717, 1.165) is 68.2 Å². The molecule has 5 rings (SSSR count). The number of aryl methyl sites for hydroxylation is 1. The smallest absolute Gasteiger partial charge is 0.223 e. The van der Waals surface area contributed by atoms with Gasteiger partial charge in [-0.05, 0) is 72.1 Å².